The van der Waals surface area contributed by atoms with E-state index < -0.39 is 10.0 Å². The van der Waals surface area contributed by atoms with Crippen LogP contribution in [0.4, 0.5) is 5.69 Å². The highest BCUT2D eigenvalue weighted by Crippen LogP contribution is 2.28. The largest absolute Gasteiger partial charge is 0.464 e. The highest BCUT2D eigenvalue weighted by Gasteiger charge is 2.17. The van der Waals surface area contributed by atoms with Crippen molar-refractivity contribution >= 4 is 49.6 Å². The number of hydrogen-bond donors (Lipinski definition) is 1. The van der Waals surface area contributed by atoms with Gasteiger partial charge in [-0.2, -0.15) is 0 Å². The van der Waals surface area contributed by atoms with Crippen LogP contribution < -0.4 is 4.72 Å². The molecule has 0 spiro atoms. The van der Waals surface area contributed by atoms with Gasteiger partial charge in [-0.05, 0) is 30.3 Å². The summed E-state index contributed by atoms with van der Waals surface area (Å²) in [5.74, 6) is 0. The van der Waals surface area contributed by atoms with Crippen molar-refractivity contribution in [1.82, 2.24) is 0 Å². The quantitative estimate of drug-likeness (QED) is 0.796. The summed E-state index contributed by atoms with van der Waals surface area (Å²) < 4.78 is 32.5. The molecule has 3 aromatic rings. The number of nitrogens with one attached hydrogen (secondary N) is 1. The maximum atomic E-state index is 12.1. The van der Waals surface area contributed by atoms with E-state index in [-0.39, 0.29) is 4.21 Å². The van der Waals surface area contributed by atoms with Crippen LogP contribution in [0.15, 0.2) is 51.3 Å². The Morgan fingerprint density at radius 3 is 2.74 bits per heavy atom. The van der Waals surface area contributed by atoms with Crippen LogP contribution >= 0.6 is 22.9 Å². The number of furan rings is 1. The van der Waals surface area contributed by atoms with Crippen molar-refractivity contribution < 1.29 is 12.8 Å². The van der Waals surface area contributed by atoms with E-state index in [0.717, 1.165) is 16.7 Å². The summed E-state index contributed by atoms with van der Waals surface area (Å²) in [5, 5.41) is 0.919. The summed E-state index contributed by atoms with van der Waals surface area (Å²) in [4.78, 5) is 0. The lowest BCUT2D eigenvalue weighted by Crippen LogP contribution is -2.11. The molecule has 3 rings (SSSR count). The van der Waals surface area contributed by atoms with E-state index in [0.29, 0.717) is 15.6 Å². The van der Waals surface area contributed by atoms with Crippen LogP contribution in [0.5, 0.6) is 0 Å². The Morgan fingerprint density at radius 2 is 2.00 bits per heavy atom. The third-order valence-electron chi connectivity index (χ3n) is 2.52. The van der Waals surface area contributed by atoms with E-state index >= 15 is 0 Å². The lowest BCUT2D eigenvalue weighted by molar-refractivity contribution is 0.603. The van der Waals surface area contributed by atoms with Crippen molar-refractivity contribution in [2.45, 2.75) is 4.21 Å². The van der Waals surface area contributed by atoms with E-state index in [2.05, 4.69) is 4.72 Å². The zero-order valence-electron chi connectivity index (χ0n) is 9.46. The van der Waals surface area contributed by atoms with Crippen molar-refractivity contribution in [3.05, 3.63) is 47.0 Å². The second-order valence-corrected chi connectivity index (χ2v) is 7.46. The van der Waals surface area contributed by atoms with Crippen molar-refractivity contribution in [1.29, 1.82) is 0 Å². The lowest BCUT2D eigenvalue weighted by Gasteiger charge is -2.05. The number of sulfonamides is 1. The minimum absolute atomic E-state index is 0.178. The molecule has 0 amide bonds. The first-order valence-corrected chi connectivity index (χ1v) is 7.98. The van der Waals surface area contributed by atoms with Crippen LogP contribution in [0.1, 0.15) is 0 Å². The highest BCUT2D eigenvalue weighted by molar-refractivity contribution is 7.94. The number of fused-ring (bicyclic) bond motifs is 1. The lowest BCUT2D eigenvalue weighted by atomic mass is 10.2. The van der Waals surface area contributed by atoms with Gasteiger partial charge in [-0.15, -0.1) is 11.3 Å². The standard InChI is InChI=1S/C12H8ClNO3S2/c13-11-3-4-12(18-11)19(15,16)14-9-2-1-8-5-6-17-10(8)7-9/h1-7,14H. The van der Waals surface area contributed by atoms with Crippen LogP contribution in [0.2, 0.25) is 4.34 Å². The Balaban J connectivity index is 1.95. The molecule has 2 heterocycles. The van der Waals surface area contributed by atoms with Gasteiger partial charge in [0.25, 0.3) is 10.0 Å². The second kappa shape index (κ2) is 4.56. The maximum Gasteiger partial charge on any atom is 0.271 e. The molecule has 7 heteroatoms. The van der Waals surface area contributed by atoms with Gasteiger partial charge in [0.05, 0.1) is 16.3 Å². The molecule has 19 heavy (non-hydrogen) atoms. The van der Waals surface area contributed by atoms with Crippen LogP contribution in [0, 0.1) is 0 Å². The van der Waals surface area contributed by atoms with Crippen molar-refractivity contribution in [3.63, 3.8) is 0 Å². The van der Waals surface area contributed by atoms with Gasteiger partial charge in [-0.3, -0.25) is 4.72 Å². The molecule has 2 aromatic heterocycles. The Bertz CT molecular complexity index is 835. The first kappa shape index (κ1) is 12.5. The molecule has 0 radical (unpaired) electrons. The Hall–Kier alpha value is -1.50. The minimum Gasteiger partial charge on any atom is -0.464 e. The molecule has 0 aliphatic heterocycles. The zero-order chi connectivity index (χ0) is 13.5. The van der Waals surface area contributed by atoms with Crippen LogP contribution in [-0.2, 0) is 10.0 Å². The molecule has 0 atom stereocenters. The van der Waals surface area contributed by atoms with Crippen LogP contribution in [0.3, 0.4) is 0 Å². The molecule has 1 aromatic carbocycles. The smallest absolute Gasteiger partial charge is 0.271 e. The zero-order valence-corrected chi connectivity index (χ0v) is 11.8. The summed E-state index contributed by atoms with van der Waals surface area (Å²) in [6.07, 6.45) is 1.56. The van der Waals surface area contributed by atoms with Crippen molar-refractivity contribution in [2.24, 2.45) is 0 Å². The van der Waals surface area contributed by atoms with Gasteiger partial charge in [-0.25, -0.2) is 8.42 Å². The first-order chi connectivity index (χ1) is 9.04. The first-order valence-electron chi connectivity index (χ1n) is 5.30. The average Bonchev–Trinajstić information content (AvgIpc) is 2.96. The molecular formula is C12H8ClNO3S2. The van der Waals surface area contributed by atoms with Gasteiger partial charge in [-0.1, -0.05) is 11.6 Å². The maximum absolute atomic E-state index is 12.1. The van der Waals surface area contributed by atoms with Gasteiger partial charge in [0, 0.05) is 11.5 Å². The molecule has 0 bridgehead atoms. The summed E-state index contributed by atoms with van der Waals surface area (Å²) in [6.45, 7) is 0. The number of anilines is 1. The second-order valence-electron chi connectivity index (χ2n) is 3.84. The minimum atomic E-state index is -3.60. The molecule has 0 unspecified atom stereocenters. The normalized spacial score (nSPS) is 11.8. The van der Waals surface area contributed by atoms with E-state index in [4.69, 9.17) is 16.0 Å². The Kier molecular flexibility index (Phi) is 3.00. The van der Waals surface area contributed by atoms with Gasteiger partial charge in [0.2, 0.25) is 0 Å². The summed E-state index contributed by atoms with van der Waals surface area (Å²) in [5.41, 5.74) is 1.08. The molecular weight excluding hydrogens is 306 g/mol. The molecule has 0 aliphatic carbocycles. The number of thiophene rings is 1. The molecule has 0 aliphatic rings. The predicted molar refractivity (Wildman–Crippen MR) is 76.4 cm³/mol. The SMILES string of the molecule is O=S(=O)(Nc1ccc2ccoc2c1)c1ccc(Cl)s1. The fraction of sp³-hybridized carbons (Fsp3) is 0. The molecule has 4 nitrogen and oxygen atoms in total. The van der Waals surface area contributed by atoms with Gasteiger partial charge in [0.15, 0.2) is 0 Å². The highest BCUT2D eigenvalue weighted by atomic mass is 35.5. The van der Waals surface area contributed by atoms with Gasteiger partial charge < -0.3 is 4.42 Å². The number of halogens is 1. The Morgan fingerprint density at radius 1 is 1.16 bits per heavy atom. The third kappa shape index (κ3) is 2.47. The number of rotatable bonds is 3. The average molecular weight is 314 g/mol. The summed E-state index contributed by atoms with van der Waals surface area (Å²) in [6, 6.07) is 9.95. The molecule has 0 saturated carbocycles. The summed E-state index contributed by atoms with van der Waals surface area (Å²) in [7, 11) is -3.60. The number of benzene rings is 1. The van der Waals surface area contributed by atoms with Crippen LogP contribution in [0.25, 0.3) is 11.0 Å². The fourth-order valence-corrected chi connectivity index (χ4v) is 4.20. The van der Waals surface area contributed by atoms with Crippen LogP contribution in [-0.4, -0.2) is 8.42 Å². The van der Waals surface area contributed by atoms with E-state index in [1.807, 2.05) is 6.07 Å². The monoisotopic (exact) mass is 313 g/mol. The third-order valence-corrected chi connectivity index (χ3v) is 5.63. The van der Waals surface area contributed by atoms with E-state index in [1.54, 1.807) is 30.5 Å². The molecule has 1 N–H and O–H groups in total. The van der Waals surface area contributed by atoms with Crippen molar-refractivity contribution in [2.75, 3.05) is 4.72 Å². The molecule has 0 fully saturated rings. The molecule has 0 saturated heterocycles. The topological polar surface area (TPSA) is 59.3 Å². The Labute approximate surface area is 118 Å². The van der Waals surface area contributed by atoms with E-state index in [1.165, 1.54) is 6.07 Å². The number of hydrogen-bond acceptors (Lipinski definition) is 4. The van der Waals surface area contributed by atoms with Crippen molar-refractivity contribution in [3.8, 4) is 0 Å². The van der Waals surface area contributed by atoms with Gasteiger partial charge in [0.1, 0.15) is 9.79 Å². The predicted octanol–water partition coefficient (Wildman–Crippen LogP) is 3.95. The molecule has 98 valence electrons. The fourth-order valence-electron chi connectivity index (χ4n) is 1.67. The summed E-state index contributed by atoms with van der Waals surface area (Å²) >= 11 is 6.75. The van der Waals surface area contributed by atoms with E-state index in [9.17, 15) is 8.42 Å². The van der Waals surface area contributed by atoms with Gasteiger partial charge >= 0.3 is 0 Å².